The molecule has 0 rings (SSSR count). The molecule has 11 heavy (non-hydrogen) atoms. The largest absolute Gasteiger partial charge is 0.760 e. The Kier molecular flexibility index (Phi) is 6.74. The predicted octanol–water partition coefficient (Wildman–Crippen LogP) is 0.139. The first-order valence-electron chi connectivity index (χ1n) is 3.56. The second kappa shape index (κ2) is 6.72. The molecule has 0 aliphatic heterocycles. The molecule has 0 saturated carbocycles. The maximum absolute atomic E-state index is 10.2. The third-order valence-electron chi connectivity index (χ3n) is 1.22. The molecule has 0 bridgehead atoms. The Labute approximate surface area is 70.0 Å². The highest BCUT2D eigenvalue weighted by atomic mass is 32.2. The Bertz CT molecular complexity index is 120. The molecule has 0 spiro atoms. The van der Waals surface area contributed by atoms with Crippen LogP contribution in [0.4, 0.5) is 0 Å². The molecule has 0 aromatic rings. The van der Waals surface area contributed by atoms with Gasteiger partial charge in [-0.15, -0.1) is 0 Å². The first-order valence-corrected chi connectivity index (χ1v) is 4.60. The van der Waals surface area contributed by atoms with Gasteiger partial charge < -0.3 is 9.29 Å². The normalized spacial score (nSPS) is 13.8. The van der Waals surface area contributed by atoms with E-state index in [-0.39, 0.29) is 0 Å². The summed E-state index contributed by atoms with van der Waals surface area (Å²) in [5.41, 5.74) is 0. The second-order valence-electron chi connectivity index (χ2n) is 2.12. The summed E-state index contributed by atoms with van der Waals surface area (Å²) in [7, 11) is 1.54. The van der Waals surface area contributed by atoms with E-state index in [0.717, 1.165) is 6.42 Å². The zero-order chi connectivity index (χ0) is 8.69. The molecule has 0 aliphatic carbocycles. The van der Waals surface area contributed by atoms with Gasteiger partial charge in [0.2, 0.25) is 0 Å². The lowest BCUT2D eigenvalue weighted by molar-refractivity contribution is 0.141. The van der Waals surface area contributed by atoms with Crippen molar-refractivity contribution in [3.63, 3.8) is 0 Å². The van der Waals surface area contributed by atoms with Crippen molar-refractivity contribution in [2.24, 2.45) is 0 Å². The summed E-state index contributed by atoms with van der Waals surface area (Å²) < 4.78 is 26.8. The maximum atomic E-state index is 10.2. The van der Waals surface area contributed by atoms with Crippen LogP contribution in [0.3, 0.4) is 0 Å². The van der Waals surface area contributed by atoms with Crippen molar-refractivity contribution in [3.8, 4) is 0 Å². The predicted molar refractivity (Wildman–Crippen MR) is 42.7 cm³/mol. The van der Waals surface area contributed by atoms with Crippen LogP contribution in [-0.4, -0.2) is 39.9 Å². The monoisotopic (exact) mass is 180 g/mol. The van der Waals surface area contributed by atoms with Crippen LogP contribution in [0.25, 0.3) is 0 Å². The van der Waals surface area contributed by atoms with Crippen LogP contribution in [0.2, 0.25) is 0 Å². The number of hydrogen-bond acceptors (Lipinski definition) is 3. The molecule has 0 radical (unpaired) electrons. The molecule has 5 heteroatoms. The van der Waals surface area contributed by atoms with Crippen LogP contribution < -0.4 is 0 Å². The number of rotatable bonds is 6. The Morgan fingerprint density at radius 3 is 2.73 bits per heavy atom. The average Bonchev–Trinajstić information content (AvgIpc) is 1.97. The summed E-state index contributed by atoms with van der Waals surface area (Å²) in [5.74, 6) is 0. The summed E-state index contributed by atoms with van der Waals surface area (Å²) in [6.45, 7) is 3.74. The molecule has 1 unspecified atom stereocenters. The van der Waals surface area contributed by atoms with Crippen molar-refractivity contribution in [2.75, 3.05) is 26.8 Å². The van der Waals surface area contributed by atoms with E-state index >= 15 is 0 Å². The van der Waals surface area contributed by atoms with Crippen LogP contribution in [0.5, 0.6) is 0 Å². The first kappa shape index (κ1) is 11.0. The van der Waals surface area contributed by atoms with Gasteiger partial charge in [0, 0.05) is 31.0 Å². The van der Waals surface area contributed by atoms with Crippen molar-refractivity contribution in [3.05, 3.63) is 0 Å². The fourth-order valence-corrected chi connectivity index (χ4v) is 0.886. The smallest absolute Gasteiger partial charge is 0.0478 e. The van der Waals surface area contributed by atoms with E-state index < -0.39 is 11.3 Å². The van der Waals surface area contributed by atoms with Gasteiger partial charge in [-0.1, -0.05) is 0 Å². The summed E-state index contributed by atoms with van der Waals surface area (Å²) in [6.07, 6.45) is 0.748. The van der Waals surface area contributed by atoms with Crippen LogP contribution in [0.1, 0.15) is 13.3 Å². The average molecular weight is 180 g/mol. The minimum Gasteiger partial charge on any atom is -0.760 e. The molecule has 0 aliphatic rings. The quantitative estimate of drug-likeness (QED) is 0.431. The Hall–Kier alpha value is 0.0300. The van der Waals surface area contributed by atoms with Gasteiger partial charge in [-0.3, -0.25) is 4.21 Å². The van der Waals surface area contributed by atoms with Crippen LogP contribution in [0.15, 0.2) is 0 Å². The van der Waals surface area contributed by atoms with Crippen molar-refractivity contribution in [1.82, 2.24) is 4.31 Å². The van der Waals surface area contributed by atoms with E-state index in [1.165, 1.54) is 11.4 Å². The molecular weight excluding hydrogens is 166 g/mol. The molecule has 0 N–H and O–H groups in total. The molecular formula is C6H14NO3S-. The van der Waals surface area contributed by atoms with E-state index in [1.807, 2.05) is 6.92 Å². The Balaban J connectivity index is 3.17. The summed E-state index contributed by atoms with van der Waals surface area (Å²) >= 11 is -2.09. The molecule has 0 amide bonds. The Morgan fingerprint density at radius 1 is 1.64 bits per heavy atom. The van der Waals surface area contributed by atoms with Gasteiger partial charge in [0.1, 0.15) is 0 Å². The number of ether oxygens (including phenoxy) is 1. The van der Waals surface area contributed by atoms with Gasteiger partial charge in [0.25, 0.3) is 0 Å². The van der Waals surface area contributed by atoms with Gasteiger partial charge in [0.15, 0.2) is 0 Å². The zero-order valence-corrected chi connectivity index (χ0v) is 7.73. The number of nitrogens with zero attached hydrogens (tertiary/aromatic N) is 1. The highest BCUT2D eigenvalue weighted by Gasteiger charge is 1.95. The molecule has 4 nitrogen and oxygen atoms in total. The van der Waals surface area contributed by atoms with E-state index in [1.54, 1.807) is 0 Å². The van der Waals surface area contributed by atoms with E-state index in [0.29, 0.717) is 19.8 Å². The van der Waals surface area contributed by atoms with E-state index in [2.05, 4.69) is 0 Å². The lowest BCUT2D eigenvalue weighted by atomic mass is 10.4. The minimum atomic E-state index is -2.09. The van der Waals surface area contributed by atoms with Gasteiger partial charge in [0.05, 0.1) is 0 Å². The van der Waals surface area contributed by atoms with Crippen molar-refractivity contribution in [1.29, 1.82) is 0 Å². The zero-order valence-electron chi connectivity index (χ0n) is 6.91. The third kappa shape index (κ3) is 6.43. The van der Waals surface area contributed by atoms with Gasteiger partial charge in [-0.2, -0.15) is 0 Å². The van der Waals surface area contributed by atoms with Crippen LogP contribution in [0, 0.1) is 0 Å². The van der Waals surface area contributed by atoms with Gasteiger partial charge in [-0.25, -0.2) is 4.31 Å². The summed E-state index contributed by atoms with van der Waals surface area (Å²) in [6, 6.07) is 0. The van der Waals surface area contributed by atoms with E-state index in [4.69, 9.17) is 4.74 Å². The highest BCUT2D eigenvalue weighted by Crippen LogP contribution is 1.90. The molecule has 0 aromatic carbocycles. The SMILES string of the molecule is CCOCCCN(C)S(=O)[O-]. The highest BCUT2D eigenvalue weighted by molar-refractivity contribution is 7.76. The second-order valence-corrected chi connectivity index (χ2v) is 3.18. The minimum absolute atomic E-state index is 0.524. The summed E-state index contributed by atoms with van der Waals surface area (Å²) in [5, 5.41) is 0. The molecule has 0 aromatic heterocycles. The van der Waals surface area contributed by atoms with Crippen LogP contribution in [-0.2, 0) is 16.0 Å². The maximum Gasteiger partial charge on any atom is 0.0478 e. The van der Waals surface area contributed by atoms with Crippen molar-refractivity contribution < 1.29 is 13.5 Å². The first-order chi connectivity index (χ1) is 5.18. The Morgan fingerprint density at radius 2 is 2.27 bits per heavy atom. The van der Waals surface area contributed by atoms with Gasteiger partial charge in [-0.05, 0) is 20.4 Å². The molecule has 0 fully saturated rings. The third-order valence-corrected chi connectivity index (χ3v) is 1.91. The lowest BCUT2D eigenvalue weighted by Crippen LogP contribution is -2.22. The van der Waals surface area contributed by atoms with Gasteiger partial charge >= 0.3 is 0 Å². The lowest BCUT2D eigenvalue weighted by Gasteiger charge is -2.18. The molecule has 1 atom stereocenters. The van der Waals surface area contributed by atoms with E-state index in [9.17, 15) is 8.76 Å². The van der Waals surface area contributed by atoms with Crippen LogP contribution >= 0.6 is 0 Å². The van der Waals surface area contributed by atoms with Crippen molar-refractivity contribution in [2.45, 2.75) is 13.3 Å². The fourth-order valence-electron chi connectivity index (χ4n) is 0.608. The number of hydrogen-bond donors (Lipinski definition) is 0. The standard InChI is InChI=1S/C6H15NO3S/c1-3-10-6-4-5-7(2)11(8)9/h3-6H2,1-2H3,(H,8,9)/p-1. The van der Waals surface area contributed by atoms with Crippen molar-refractivity contribution >= 4 is 11.3 Å². The fraction of sp³-hybridized carbons (Fsp3) is 1.00. The topological polar surface area (TPSA) is 52.6 Å². The molecule has 68 valence electrons. The molecule has 0 saturated heterocycles. The summed E-state index contributed by atoms with van der Waals surface area (Å²) in [4.78, 5) is 0. The molecule has 0 heterocycles.